The van der Waals surface area contributed by atoms with Gasteiger partial charge < -0.3 is 10.6 Å². The molecule has 0 radical (unpaired) electrons. The molecule has 4 nitrogen and oxygen atoms in total. The maximum absolute atomic E-state index is 14.3. The molecule has 0 aromatic carbocycles. The Kier molecular flexibility index (Phi) is 4.63. The van der Waals surface area contributed by atoms with Crippen LogP contribution in [0.1, 0.15) is 23.9 Å². The summed E-state index contributed by atoms with van der Waals surface area (Å²) in [7, 11) is 0. The first kappa shape index (κ1) is 14.4. The van der Waals surface area contributed by atoms with E-state index in [1.807, 2.05) is 36.9 Å². The summed E-state index contributed by atoms with van der Waals surface area (Å²) in [6.45, 7) is 5.24. The van der Waals surface area contributed by atoms with E-state index < -0.39 is 0 Å². The Morgan fingerprint density at radius 3 is 2.75 bits per heavy atom. The molecule has 2 aromatic heterocycles. The number of nitrogens with zero attached hydrogens (tertiary/aromatic N) is 3. The first-order valence-corrected chi connectivity index (χ1v) is 6.66. The molecule has 2 heterocycles. The van der Waals surface area contributed by atoms with Gasteiger partial charge in [0.1, 0.15) is 0 Å². The Morgan fingerprint density at radius 2 is 2.10 bits per heavy atom. The van der Waals surface area contributed by atoms with E-state index in [1.165, 1.54) is 0 Å². The van der Waals surface area contributed by atoms with Gasteiger partial charge in [-0.05, 0) is 32.0 Å². The van der Waals surface area contributed by atoms with Gasteiger partial charge in [-0.25, -0.2) is 9.37 Å². The van der Waals surface area contributed by atoms with Crippen molar-refractivity contribution in [1.82, 2.24) is 9.97 Å². The summed E-state index contributed by atoms with van der Waals surface area (Å²) in [5.74, 6) is -0.0109. The summed E-state index contributed by atoms with van der Waals surface area (Å²) >= 11 is 0. The first-order valence-electron chi connectivity index (χ1n) is 6.66. The lowest BCUT2D eigenvalue weighted by Gasteiger charge is -2.22. The second-order valence-corrected chi connectivity index (χ2v) is 4.60. The van der Waals surface area contributed by atoms with Crippen LogP contribution in [0.5, 0.6) is 0 Å². The highest BCUT2D eigenvalue weighted by Gasteiger charge is 2.15. The van der Waals surface area contributed by atoms with Crippen molar-refractivity contribution < 1.29 is 4.39 Å². The van der Waals surface area contributed by atoms with Crippen LogP contribution in [0.4, 0.5) is 10.2 Å². The van der Waals surface area contributed by atoms with E-state index >= 15 is 0 Å². The Bertz CT molecular complexity index is 586. The fourth-order valence-corrected chi connectivity index (χ4v) is 2.07. The van der Waals surface area contributed by atoms with Crippen LogP contribution in [0.25, 0.3) is 0 Å². The van der Waals surface area contributed by atoms with Crippen LogP contribution >= 0.6 is 0 Å². The van der Waals surface area contributed by atoms with Crippen molar-refractivity contribution in [2.45, 2.75) is 26.9 Å². The second-order valence-electron chi connectivity index (χ2n) is 4.60. The predicted octanol–water partition coefficient (Wildman–Crippen LogP) is 2.41. The van der Waals surface area contributed by atoms with Crippen LogP contribution in [0.2, 0.25) is 0 Å². The van der Waals surface area contributed by atoms with Crippen LogP contribution in [-0.4, -0.2) is 16.5 Å². The van der Waals surface area contributed by atoms with Gasteiger partial charge in [0.25, 0.3) is 0 Å². The molecular weight excluding hydrogens is 255 g/mol. The number of aryl methyl sites for hydroxylation is 1. The number of hydrogen-bond acceptors (Lipinski definition) is 4. The van der Waals surface area contributed by atoms with Gasteiger partial charge in [-0.3, -0.25) is 4.98 Å². The molecule has 0 aliphatic carbocycles. The van der Waals surface area contributed by atoms with Gasteiger partial charge in [-0.15, -0.1) is 0 Å². The molecule has 2 rings (SSSR count). The van der Waals surface area contributed by atoms with Crippen molar-refractivity contribution in [2.75, 3.05) is 11.4 Å². The predicted molar refractivity (Wildman–Crippen MR) is 77.8 cm³/mol. The number of halogens is 1. The summed E-state index contributed by atoms with van der Waals surface area (Å²) in [5, 5.41) is 0. The summed E-state index contributed by atoms with van der Waals surface area (Å²) in [5.41, 5.74) is 7.85. The highest BCUT2D eigenvalue weighted by atomic mass is 19.1. The molecule has 0 saturated carbocycles. The maximum Gasteiger partial charge on any atom is 0.170 e. The van der Waals surface area contributed by atoms with E-state index in [9.17, 15) is 4.39 Å². The quantitative estimate of drug-likeness (QED) is 0.909. The van der Waals surface area contributed by atoms with E-state index in [4.69, 9.17) is 5.73 Å². The summed E-state index contributed by atoms with van der Waals surface area (Å²) in [6, 6.07) is 7.43. The fourth-order valence-electron chi connectivity index (χ4n) is 2.07. The zero-order valence-electron chi connectivity index (χ0n) is 11.8. The third-order valence-electron chi connectivity index (χ3n) is 3.15. The summed E-state index contributed by atoms with van der Waals surface area (Å²) < 4.78 is 14.3. The van der Waals surface area contributed by atoms with Gasteiger partial charge in [0.05, 0.1) is 12.2 Å². The summed E-state index contributed by atoms with van der Waals surface area (Å²) in [6.07, 6.45) is 1.59. The normalized spacial score (nSPS) is 10.6. The minimum atomic E-state index is -0.343. The van der Waals surface area contributed by atoms with E-state index in [0.29, 0.717) is 24.5 Å². The molecule has 106 valence electrons. The van der Waals surface area contributed by atoms with Gasteiger partial charge >= 0.3 is 0 Å². The van der Waals surface area contributed by atoms with Crippen LogP contribution in [0, 0.1) is 12.7 Å². The minimum absolute atomic E-state index is 0.168. The highest BCUT2D eigenvalue weighted by molar-refractivity contribution is 5.43. The molecule has 0 unspecified atom stereocenters. The second kappa shape index (κ2) is 6.43. The van der Waals surface area contributed by atoms with Crippen molar-refractivity contribution in [3.8, 4) is 0 Å². The third-order valence-corrected chi connectivity index (χ3v) is 3.15. The fraction of sp³-hybridized carbons (Fsp3) is 0.333. The van der Waals surface area contributed by atoms with Crippen molar-refractivity contribution >= 4 is 5.82 Å². The Balaban J connectivity index is 2.29. The monoisotopic (exact) mass is 274 g/mol. The third kappa shape index (κ3) is 3.11. The highest BCUT2D eigenvalue weighted by Crippen LogP contribution is 2.20. The molecule has 0 aliphatic rings. The van der Waals surface area contributed by atoms with Crippen molar-refractivity contribution in [2.24, 2.45) is 5.73 Å². The van der Waals surface area contributed by atoms with Crippen LogP contribution < -0.4 is 10.6 Å². The van der Waals surface area contributed by atoms with Crippen LogP contribution in [0.15, 0.2) is 30.5 Å². The van der Waals surface area contributed by atoms with Gasteiger partial charge in [0.2, 0.25) is 0 Å². The number of aromatic nitrogens is 2. The van der Waals surface area contributed by atoms with Crippen molar-refractivity contribution in [1.29, 1.82) is 0 Å². The SMILES string of the molecule is CCN(Cc1cccc(C)n1)c1nccc(CN)c1F. The van der Waals surface area contributed by atoms with Gasteiger partial charge in [-0.2, -0.15) is 0 Å². The van der Waals surface area contributed by atoms with Crippen molar-refractivity contribution in [3.63, 3.8) is 0 Å². The number of anilines is 1. The van der Waals surface area contributed by atoms with Crippen LogP contribution in [0.3, 0.4) is 0 Å². The minimum Gasteiger partial charge on any atom is -0.349 e. The van der Waals surface area contributed by atoms with Crippen LogP contribution in [-0.2, 0) is 13.1 Å². The molecule has 0 aliphatic heterocycles. The molecule has 0 bridgehead atoms. The molecular formula is C15H19FN4. The Hall–Kier alpha value is -2.01. The van der Waals surface area contributed by atoms with Gasteiger partial charge in [0, 0.05) is 30.5 Å². The average molecular weight is 274 g/mol. The standard InChI is InChI=1S/C15H19FN4/c1-3-20(10-13-6-4-5-11(2)19-13)15-14(16)12(9-17)7-8-18-15/h4-8H,3,9-10,17H2,1-2H3. The zero-order valence-corrected chi connectivity index (χ0v) is 11.8. The van der Waals surface area contributed by atoms with Crippen molar-refractivity contribution in [3.05, 3.63) is 53.2 Å². The molecule has 5 heteroatoms. The molecule has 0 fully saturated rings. The first-order chi connectivity index (χ1) is 9.65. The lowest BCUT2D eigenvalue weighted by atomic mass is 10.2. The lowest BCUT2D eigenvalue weighted by Crippen LogP contribution is -2.25. The molecule has 20 heavy (non-hydrogen) atoms. The number of pyridine rings is 2. The molecule has 0 saturated heterocycles. The van der Waals surface area contributed by atoms with Gasteiger partial charge in [0.15, 0.2) is 11.6 Å². The Labute approximate surface area is 118 Å². The van der Waals surface area contributed by atoms with E-state index in [2.05, 4.69) is 9.97 Å². The molecule has 0 spiro atoms. The maximum atomic E-state index is 14.3. The largest absolute Gasteiger partial charge is 0.349 e. The van der Waals surface area contributed by atoms with Gasteiger partial charge in [-0.1, -0.05) is 6.07 Å². The number of rotatable bonds is 5. The molecule has 2 N–H and O–H groups in total. The molecule has 0 atom stereocenters. The molecule has 2 aromatic rings. The molecule has 0 amide bonds. The number of nitrogens with two attached hydrogens (primary N) is 1. The zero-order chi connectivity index (χ0) is 14.5. The van der Waals surface area contributed by atoms with E-state index in [1.54, 1.807) is 12.3 Å². The topological polar surface area (TPSA) is 55.0 Å². The van der Waals surface area contributed by atoms with E-state index in [-0.39, 0.29) is 12.4 Å². The van der Waals surface area contributed by atoms with E-state index in [0.717, 1.165) is 11.4 Å². The number of hydrogen-bond donors (Lipinski definition) is 1. The average Bonchev–Trinajstić information content (AvgIpc) is 2.45. The summed E-state index contributed by atoms with van der Waals surface area (Å²) in [4.78, 5) is 10.4. The lowest BCUT2D eigenvalue weighted by molar-refractivity contribution is 0.593. The smallest absolute Gasteiger partial charge is 0.170 e. The Morgan fingerprint density at radius 1 is 1.30 bits per heavy atom.